The topological polar surface area (TPSA) is 42.9 Å². The molecule has 0 spiro atoms. The number of hydrogen-bond donors (Lipinski definition) is 2. The van der Waals surface area contributed by atoms with Crippen molar-refractivity contribution in [2.75, 3.05) is 51.2 Å². The van der Waals surface area contributed by atoms with E-state index in [1.165, 1.54) is 0 Å². The third-order valence-corrected chi connectivity index (χ3v) is 4.27. The first-order chi connectivity index (χ1) is 11.7. The number of likely N-dealkylation sites (N-methyl/N-ethyl adjacent to an activating group) is 1. The lowest BCUT2D eigenvalue weighted by Crippen LogP contribution is -2.46. The van der Waals surface area contributed by atoms with Crippen molar-refractivity contribution >= 4 is 35.6 Å². The van der Waals surface area contributed by atoms with Crippen LogP contribution < -0.4 is 15.5 Å². The summed E-state index contributed by atoms with van der Waals surface area (Å²) in [6, 6.07) is 5.46. The van der Waals surface area contributed by atoms with Gasteiger partial charge in [-0.05, 0) is 24.2 Å². The molecule has 25 heavy (non-hydrogen) atoms. The number of nitrogens with zero attached hydrogens (tertiary/aromatic N) is 3. The molecule has 2 N–H and O–H groups in total. The van der Waals surface area contributed by atoms with E-state index >= 15 is 0 Å². The fourth-order valence-electron chi connectivity index (χ4n) is 2.80. The number of benzene rings is 1. The van der Waals surface area contributed by atoms with Gasteiger partial charge in [-0.3, -0.25) is 4.99 Å². The predicted octanol–water partition coefficient (Wildman–Crippen LogP) is 2.44. The molecule has 1 fully saturated rings. The molecule has 5 nitrogen and oxygen atoms in total. The van der Waals surface area contributed by atoms with E-state index in [1.54, 1.807) is 19.2 Å². The molecule has 1 aromatic rings. The number of aliphatic imine (C=N–C) groups is 1. The van der Waals surface area contributed by atoms with Crippen LogP contribution in [-0.2, 0) is 6.54 Å². The highest BCUT2D eigenvalue weighted by Gasteiger charge is 2.18. The quantitative estimate of drug-likeness (QED) is 0.296. The molecule has 0 bridgehead atoms. The van der Waals surface area contributed by atoms with Crippen LogP contribution >= 0.6 is 24.0 Å². The van der Waals surface area contributed by atoms with Crippen molar-refractivity contribution in [2.45, 2.75) is 13.5 Å². The maximum atomic E-state index is 14.5. The maximum absolute atomic E-state index is 14.5. The lowest BCUT2D eigenvalue weighted by Gasteiger charge is -2.35. The summed E-state index contributed by atoms with van der Waals surface area (Å²) < 4.78 is 14.5. The van der Waals surface area contributed by atoms with Gasteiger partial charge in [0.05, 0.1) is 5.69 Å². The van der Waals surface area contributed by atoms with Gasteiger partial charge in [0.1, 0.15) is 5.82 Å². The Bertz CT molecular complexity index is 571. The minimum atomic E-state index is -0.159. The van der Waals surface area contributed by atoms with E-state index in [0.29, 0.717) is 24.7 Å². The van der Waals surface area contributed by atoms with Crippen LogP contribution in [0.25, 0.3) is 0 Å². The highest BCUT2D eigenvalue weighted by atomic mass is 127. The van der Waals surface area contributed by atoms with Crippen molar-refractivity contribution in [3.05, 3.63) is 42.2 Å². The van der Waals surface area contributed by atoms with Gasteiger partial charge in [0.25, 0.3) is 0 Å². The van der Waals surface area contributed by atoms with Crippen LogP contribution in [0, 0.1) is 5.82 Å². The Morgan fingerprint density at radius 2 is 2.00 bits per heavy atom. The van der Waals surface area contributed by atoms with Gasteiger partial charge in [-0.1, -0.05) is 19.1 Å². The molecule has 0 saturated carbocycles. The summed E-state index contributed by atoms with van der Waals surface area (Å²) in [6.45, 7) is 11.8. The van der Waals surface area contributed by atoms with Crippen molar-refractivity contribution in [1.82, 2.24) is 15.5 Å². The van der Waals surface area contributed by atoms with Crippen LogP contribution in [0.15, 0.2) is 35.8 Å². The fraction of sp³-hybridized carbons (Fsp3) is 0.500. The molecule has 1 heterocycles. The van der Waals surface area contributed by atoms with E-state index in [9.17, 15) is 4.39 Å². The summed E-state index contributed by atoms with van der Waals surface area (Å²) in [7, 11) is 1.71. The van der Waals surface area contributed by atoms with Crippen molar-refractivity contribution in [2.24, 2.45) is 4.99 Å². The van der Waals surface area contributed by atoms with Crippen LogP contribution in [-0.4, -0.2) is 57.2 Å². The van der Waals surface area contributed by atoms with Gasteiger partial charge in [-0.2, -0.15) is 0 Å². The Labute approximate surface area is 167 Å². The average molecular weight is 461 g/mol. The minimum absolute atomic E-state index is 0. The molecular formula is C18H29FIN5. The second-order valence-corrected chi connectivity index (χ2v) is 5.80. The molecule has 7 heteroatoms. The van der Waals surface area contributed by atoms with Crippen molar-refractivity contribution in [1.29, 1.82) is 0 Å². The van der Waals surface area contributed by atoms with Crippen LogP contribution in [0.3, 0.4) is 0 Å². The number of piperazine rings is 1. The number of anilines is 1. The predicted molar refractivity (Wildman–Crippen MR) is 115 cm³/mol. The normalized spacial score (nSPS) is 15.5. The number of rotatable bonds is 6. The summed E-state index contributed by atoms with van der Waals surface area (Å²) in [5.74, 6) is 0.517. The van der Waals surface area contributed by atoms with Gasteiger partial charge in [0.15, 0.2) is 5.96 Å². The Morgan fingerprint density at radius 1 is 1.28 bits per heavy atom. The van der Waals surface area contributed by atoms with E-state index in [-0.39, 0.29) is 29.8 Å². The maximum Gasteiger partial charge on any atom is 0.191 e. The third-order valence-electron chi connectivity index (χ3n) is 4.27. The van der Waals surface area contributed by atoms with Crippen LogP contribution in [0.1, 0.15) is 12.5 Å². The first kappa shape index (κ1) is 21.7. The molecule has 1 aromatic carbocycles. The largest absolute Gasteiger partial charge is 0.367 e. The lowest BCUT2D eigenvalue weighted by atomic mass is 10.1. The molecule has 1 aliphatic rings. The van der Waals surface area contributed by atoms with Crippen molar-refractivity contribution < 1.29 is 4.39 Å². The van der Waals surface area contributed by atoms with Crippen LogP contribution in [0.2, 0.25) is 0 Å². The van der Waals surface area contributed by atoms with Crippen LogP contribution in [0.4, 0.5) is 10.1 Å². The lowest BCUT2D eigenvalue weighted by molar-refractivity contribution is 0.270. The molecular weight excluding hydrogens is 432 g/mol. The fourth-order valence-corrected chi connectivity index (χ4v) is 2.80. The molecule has 0 aliphatic carbocycles. The van der Waals surface area contributed by atoms with Gasteiger partial charge in [-0.15, -0.1) is 30.6 Å². The van der Waals surface area contributed by atoms with Gasteiger partial charge >= 0.3 is 0 Å². The molecule has 140 valence electrons. The Balaban J connectivity index is 0.00000312. The third kappa shape index (κ3) is 6.47. The minimum Gasteiger partial charge on any atom is -0.367 e. The number of nitrogens with one attached hydrogen (secondary N) is 2. The first-order valence-corrected chi connectivity index (χ1v) is 8.49. The second kappa shape index (κ2) is 11.3. The Morgan fingerprint density at radius 3 is 2.56 bits per heavy atom. The van der Waals surface area contributed by atoms with E-state index in [4.69, 9.17) is 0 Å². The molecule has 0 atom stereocenters. The molecule has 0 aromatic heterocycles. The molecule has 1 saturated heterocycles. The van der Waals surface area contributed by atoms with Gasteiger partial charge < -0.3 is 20.4 Å². The standard InChI is InChI=1S/C18H28FN5.HI/c1-4-8-21-18(20-3)22-14-15-6-7-17(16(19)13-15)24-11-9-23(5-2)10-12-24;/h4,6-7,13H,1,5,8-12,14H2,2-3H3,(H2,20,21,22);1H. The molecule has 0 amide bonds. The zero-order valence-electron chi connectivity index (χ0n) is 15.1. The summed E-state index contributed by atoms with van der Waals surface area (Å²) in [6.07, 6.45) is 1.76. The molecule has 0 radical (unpaired) electrons. The molecule has 2 rings (SSSR count). The van der Waals surface area contributed by atoms with Gasteiger partial charge in [0.2, 0.25) is 0 Å². The SMILES string of the molecule is C=CCNC(=NC)NCc1ccc(N2CCN(CC)CC2)c(F)c1.I. The Hall–Kier alpha value is -1.35. The summed E-state index contributed by atoms with van der Waals surface area (Å²) >= 11 is 0. The average Bonchev–Trinajstić information content (AvgIpc) is 2.62. The zero-order chi connectivity index (χ0) is 17.4. The number of hydrogen-bond acceptors (Lipinski definition) is 3. The number of halogens is 2. The number of guanidine groups is 1. The summed E-state index contributed by atoms with van der Waals surface area (Å²) in [4.78, 5) is 8.62. The van der Waals surface area contributed by atoms with E-state index in [2.05, 4.69) is 38.9 Å². The molecule has 0 unspecified atom stereocenters. The van der Waals surface area contributed by atoms with E-state index in [0.717, 1.165) is 38.3 Å². The second-order valence-electron chi connectivity index (χ2n) is 5.80. The summed E-state index contributed by atoms with van der Waals surface area (Å²) in [5.41, 5.74) is 1.59. The monoisotopic (exact) mass is 461 g/mol. The van der Waals surface area contributed by atoms with E-state index in [1.807, 2.05) is 12.1 Å². The van der Waals surface area contributed by atoms with Crippen molar-refractivity contribution in [3.8, 4) is 0 Å². The zero-order valence-corrected chi connectivity index (χ0v) is 17.4. The summed E-state index contributed by atoms with van der Waals surface area (Å²) in [5, 5.41) is 6.26. The van der Waals surface area contributed by atoms with E-state index < -0.39 is 0 Å². The van der Waals surface area contributed by atoms with Crippen molar-refractivity contribution in [3.63, 3.8) is 0 Å². The van der Waals surface area contributed by atoms with Gasteiger partial charge in [-0.25, -0.2) is 4.39 Å². The smallest absolute Gasteiger partial charge is 0.191 e. The Kier molecular flexibility index (Phi) is 9.81. The molecule has 1 aliphatic heterocycles. The highest BCUT2D eigenvalue weighted by molar-refractivity contribution is 14.0. The van der Waals surface area contributed by atoms with Crippen LogP contribution in [0.5, 0.6) is 0 Å². The van der Waals surface area contributed by atoms with Gasteiger partial charge in [0, 0.05) is 46.3 Å². The highest BCUT2D eigenvalue weighted by Crippen LogP contribution is 2.22. The first-order valence-electron chi connectivity index (χ1n) is 8.49.